The molecule has 2 atom stereocenters. The van der Waals surface area contributed by atoms with Gasteiger partial charge in [-0.05, 0) is 62.3 Å². The highest BCUT2D eigenvalue weighted by Gasteiger charge is 2.41. The number of aryl methyl sites for hydroxylation is 1. The van der Waals surface area contributed by atoms with E-state index in [9.17, 15) is 4.79 Å². The molecule has 1 saturated carbocycles. The molecule has 23 heavy (non-hydrogen) atoms. The molecule has 2 rings (SSSR count). The summed E-state index contributed by atoms with van der Waals surface area (Å²) in [5, 5.41) is 3.03. The Morgan fingerprint density at radius 3 is 2.83 bits per heavy atom. The lowest BCUT2D eigenvalue weighted by Crippen LogP contribution is -2.47. The number of hydrogen-bond acceptors (Lipinski definition) is 3. The van der Waals surface area contributed by atoms with E-state index in [1.165, 1.54) is 6.42 Å². The minimum Gasteiger partial charge on any atom is -0.493 e. The first-order chi connectivity index (χ1) is 11.0. The van der Waals surface area contributed by atoms with Crippen LogP contribution in [0.2, 0.25) is 0 Å². The van der Waals surface area contributed by atoms with E-state index < -0.39 is 5.60 Å². The zero-order valence-corrected chi connectivity index (χ0v) is 14.8. The lowest BCUT2D eigenvalue weighted by atomic mass is 9.78. The number of carbonyl (C=O) groups excluding carboxylic acids is 1. The van der Waals surface area contributed by atoms with Gasteiger partial charge in [0.1, 0.15) is 11.4 Å². The second-order valence-corrected chi connectivity index (χ2v) is 6.68. The molecule has 0 radical (unpaired) electrons. The molecule has 0 aliphatic heterocycles. The fourth-order valence-corrected chi connectivity index (χ4v) is 3.33. The summed E-state index contributed by atoms with van der Waals surface area (Å²) in [6, 6.07) is 5.77. The molecule has 1 aliphatic rings. The maximum atomic E-state index is 12.8. The Morgan fingerprint density at radius 1 is 1.43 bits per heavy atom. The van der Waals surface area contributed by atoms with Crippen LogP contribution in [0.15, 0.2) is 18.2 Å². The number of hydrogen-bond donors (Lipinski definition) is 1. The van der Waals surface area contributed by atoms with Crippen molar-refractivity contribution < 1.29 is 14.3 Å². The van der Waals surface area contributed by atoms with Gasteiger partial charge in [0, 0.05) is 12.8 Å². The largest absolute Gasteiger partial charge is 0.493 e. The van der Waals surface area contributed by atoms with Gasteiger partial charge in [-0.1, -0.05) is 20.3 Å². The number of ether oxygens (including phenoxy) is 2. The van der Waals surface area contributed by atoms with Crippen molar-refractivity contribution in [2.75, 3.05) is 19.0 Å². The van der Waals surface area contributed by atoms with Gasteiger partial charge < -0.3 is 14.8 Å². The van der Waals surface area contributed by atoms with Gasteiger partial charge in [0.2, 0.25) is 0 Å². The molecule has 0 spiro atoms. The molecule has 0 aromatic heterocycles. The first kappa shape index (κ1) is 17.8. The molecule has 1 aromatic carbocycles. The van der Waals surface area contributed by atoms with E-state index in [2.05, 4.69) is 19.2 Å². The summed E-state index contributed by atoms with van der Waals surface area (Å²) in [6.45, 7) is 6.97. The molecule has 0 saturated heterocycles. The predicted molar refractivity (Wildman–Crippen MR) is 93.0 cm³/mol. The van der Waals surface area contributed by atoms with Crippen molar-refractivity contribution in [1.82, 2.24) is 0 Å². The van der Waals surface area contributed by atoms with Crippen LogP contribution in [0.1, 0.15) is 51.5 Å². The topological polar surface area (TPSA) is 47.6 Å². The smallest absolute Gasteiger partial charge is 0.256 e. The minimum absolute atomic E-state index is 0.0341. The highest BCUT2D eigenvalue weighted by molar-refractivity contribution is 5.97. The first-order valence-electron chi connectivity index (χ1n) is 8.61. The summed E-state index contributed by atoms with van der Waals surface area (Å²) >= 11 is 0. The number of methoxy groups -OCH3 is 1. The van der Waals surface area contributed by atoms with Crippen molar-refractivity contribution in [2.24, 2.45) is 5.92 Å². The van der Waals surface area contributed by atoms with Crippen LogP contribution in [0.25, 0.3) is 0 Å². The highest BCUT2D eigenvalue weighted by Crippen LogP contribution is 2.36. The van der Waals surface area contributed by atoms with Gasteiger partial charge in [-0.15, -0.1) is 0 Å². The fourth-order valence-electron chi connectivity index (χ4n) is 3.33. The van der Waals surface area contributed by atoms with E-state index in [0.717, 1.165) is 42.7 Å². The van der Waals surface area contributed by atoms with Crippen molar-refractivity contribution in [3.63, 3.8) is 0 Å². The van der Waals surface area contributed by atoms with Gasteiger partial charge in [0.25, 0.3) is 5.91 Å². The molecule has 1 amide bonds. The number of anilines is 1. The zero-order chi connectivity index (χ0) is 16.9. The fraction of sp³-hybridized carbons (Fsp3) is 0.632. The second kappa shape index (κ2) is 7.82. The van der Waals surface area contributed by atoms with Gasteiger partial charge in [-0.2, -0.15) is 0 Å². The van der Waals surface area contributed by atoms with Crippen LogP contribution in [0, 0.1) is 12.8 Å². The van der Waals surface area contributed by atoms with Gasteiger partial charge >= 0.3 is 0 Å². The Labute approximate surface area is 139 Å². The van der Waals surface area contributed by atoms with Gasteiger partial charge in [-0.3, -0.25) is 4.79 Å². The van der Waals surface area contributed by atoms with E-state index >= 15 is 0 Å². The molecule has 1 aromatic rings. The van der Waals surface area contributed by atoms with Crippen LogP contribution >= 0.6 is 0 Å². The molecule has 0 heterocycles. The SMILES string of the molecule is CCCOc1ccc(NC(=O)[C@@]2(OC)CCC[C@@H](C)C2)cc1C. The third-order valence-corrected chi connectivity index (χ3v) is 4.65. The molecule has 0 unspecified atom stereocenters. The number of rotatable bonds is 6. The van der Waals surface area contributed by atoms with Crippen LogP contribution in [-0.2, 0) is 9.53 Å². The Bertz CT molecular complexity index is 543. The Kier molecular flexibility index (Phi) is 6.05. The van der Waals surface area contributed by atoms with Gasteiger partial charge in [-0.25, -0.2) is 0 Å². The van der Waals surface area contributed by atoms with Crippen molar-refractivity contribution in [3.05, 3.63) is 23.8 Å². The molecular formula is C19H29NO3. The van der Waals surface area contributed by atoms with E-state index in [1.807, 2.05) is 25.1 Å². The minimum atomic E-state index is -0.692. The average molecular weight is 319 g/mol. The van der Waals surface area contributed by atoms with E-state index in [1.54, 1.807) is 7.11 Å². The average Bonchev–Trinajstić information content (AvgIpc) is 2.54. The normalized spacial score (nSPS) is 24.3. The predicted octanol–water partition coefficient (Wildman–Crippen LogP) is 4.32. The third kappa shape index (κ3) is 4.25. The van der Waals surface area contributed by atoms with E-state index in [4.69, 9.17) is 9.47 Å². The quantitative estimate of drug-likeness (QED) is 0.849. The highest BCUT2D eigenvalue weighted by atomic mass is 16.5. The summed E-state index contributed by atoms with van der Waals surface area (Å²) in [5.74, 6) is 1.35. The molecule has 4 heteroatoms. The van der Waals surface area contributed by atoms with Crippen LogP contribution in [0.5, 0.6) is 5.75 Å². The maximum Gasteiger partial charge on any atom is 0.256 e. The maximum absolute atomic E-state index is 12.8. The van der Waals surface area contributed by atoms with Crippen LogP contribution in [-0.4, -0.2) is 25.2 Å². The number of carbonyl (C=O) groups is 1. The van der Waals surface area contributed by atoms with E-state index in [-0.39, 0.29) is 5.91 Å². The van der Waals surface area contributed by atoms with Crippen LogP contribution < -0.4 is 10.1 Å². The van der Waals surface area contributed by atoms with Crippen molar-refractivity contribution >= 4 is 11.6 Å². The lowest BCUT2D eigenvalue weighted by molar-refractivity contribution is -0.143. The first-order valence-corrected chi connectivity index (χ1v) is 8.61. The van der Waals surface area contributed by atoms with Crippen molar-refractivity contribution in [3.8, 4) is 5.75 Å². The Hall–Kier alpha value is -1.55. The molecule has 1 N–H and O–H groups in total. The van der Waals surface area contributed by atoms with Crippen molar-refractivity contribution in [2.45, 2.75) is 58.5 Å². The molecule has 0 bridgehead atoms. The second-order valence-electron chi connectivity index (χ2n) is 6.68. The zero-order valence-electron chi connectivity index (χ0n) is 14.8. The Morgan fingerprint density at radius 2 is 2.22 bits per heavy atom. The molecule has 1 fully saturated rings. The number of nitrogens with one attached hydrogen (secondary N) is 1. The van der Waals surface area contributed by atoms with Crippen LogP contribution in [0.3, 0.4) is 0 Å². The molecule has 1 aliphatic carbocycles. The number of amides is 1. The van der Waals surface area contributed by atoms with Crippen LogP contribution in [0.4, 0.5) is 5.69 Å². The Balaban J connectivity index is 2.08. The molecule has 4 nitrogen and oxygen atoms in total. The van der Waals surface area contributed by atoms with Gasteiger partial charge in [0.05, 0.1) is 6.61 Å². The standard InChI is InChI=1S/C19H29NO3/c1-5-11-23-17-9-8-16(12-15(17)3)20-18(21)19(22-4)10-6-7-14(2)13-19/h8-9,12,14H,5-7,10-11,13H2,1-4H3,(H,20,21)/t14-,19-/m1/s1. The molecular weight excluding hydrogens is 290 g/mol. The summed E-state index contributed by atoms with van der Waals surface area (Å²) in [6.07, 6.45) is 4.75. The summed E-state index contributed by atoms with van der Waals surface area (Å²) in [4.78, 5) is 12.8. The summed E-state index contributed by atoms with van der Waals surface area (Å²) < 4.78 is 11.3. The number of benzene rings is 1. The molecule has 128 valence electrons. The van der Waals surface area contributed by atoms with Crippen molar-refractivity contribution in [1.29, 1.82) is 0 Å². The monoisotopic (exact) mass is 319 g/mol. The van der Waals surface area contributed by atoms with Gasteiger partial charge in [0.15, 0.2) is 0 Å². The van der Waals surface area contributed by atoms with E-state index in [0.29, 0.717) is 12.5 Å². The summed E-state index contributed by atoms with van der Waals surface area (Å²) in [5.41, 5.74) is 1.13. The lowest BCUT2D eigenvalue weighted by Gasteiger charge is -2.37. The summed E-state index contributed by atoms with van der Waals surface area (Å²) in [7, 11) is 1.64. The third-order valence-electron chi connectivity index (χ3n) is 4.65.